The number of carbonyl (C=O) groups is 1. The fourth-order valence-electron chi connectivity index (χ4n) is 1.44. The maximum absolute atomic E-state index is 10.8. The SMILES string of the molecule is CNCCC=Cc1cc(C=O)c(O)c(OC)c1. The Morgan fingerprint density at radius 3 is 2.82 bits per heavy atom. The van der Waals surface area contributed by atoms with Crippen LogP contribution >= 0.6 is 0 Å². The first-order chi connectivity index (χ1) is 8.22. The first-order valence-corrected chi connectivity index (χ1v) is 5.40. The lowest BCUT2D eigenvalue weighted by atomic mass is 10.1. The number of carbonyl (C=O) groups excluding carboxylic acids is 1. The number of hydrogen-bond acceptors (Lipinski definition) is 4. The molecule has 0 aliphatic heterocycles. The molecule has 0 aliphatic rings. The number of ether oxygens (including phenoxy) is 1. The summed E-state index contributed by atoms with van der Waals surface area (Å²) in [7, 11) is 3.35. The number of aldehydes is 1. The van der Waals surface area contributed by atoms with E-state index in [-0.39, 0.29) is 11.3 Å². The average molecular weight is 235 g/mol. The first-order valence-electron chi connectivity index (χ1n) is 5.40. The van der Waals surface area contributed by atoms with Crippen molar-refractivity contribution in [3.8, 4) is 11.5 Å². The van der Waals surface area contributed by atoms with Crippen molar-refractivity contribution >= 4 is 12.4 Å². The van der Waals surface area contributed by atoms with Crippen LogP contribution in [0.3, 0.4) is 0 Å². The molecule has 0 atom stereocenters. The summed E-state index contributed by atoms with van der Waals surface area (Å²) in [6, 6.07) is 3.32. The first kappa shape index (κ1) is 13.3. The van der Waals surface area contributed by atoms with Crippen molar-refractivity contribution in [1.29, 1.82) is 0 Å². The Bertz CT molecular complexity index is 413. The predicted molar refractivity (Wildman–Crippen MR) is 67.6 cm³/mol. The predicted octanol–water partition coefficient (Wildman–Crippen LogP) is 1.84. The van der Waals surface area contributed by atoms with Gasteiger partial charge in [0.1, 0.15) is 0 Å². The van der Waals surface area contributed by atoms with Gasteiger partial charge in [-0.3, -0.25) is 4.79 Å². The van der Waals surface area contributed by atoms with Gasteiger partial charge in [0.05, 0.1) is 12.7 Å². The molecule has 2 N–H and O–H groups in total. The minimum atomic E-state index is -0.116. The Kier molecular flexibility index (Phi) is 5.23. The molecule has 4 heteroatoms. The van der Waals surface area contributed by atoms with Crippen LogP contribution in [0.1, 0.15) is 22.3 Å². The molecule has 1 aromatic rings. The van der Waals surface area contributed by atoms with Gasteiger partial charge in [0.15, 0.2) is 17.8 Å². The van der Waals surface area contributed by atoms with Gasteiger partial charge in [-0.15, -0.1) is 0 Å². The molecule has 0 radical (unpaired) electrons. The number of rotatable bonds is 6. The van der Waals surface area contributed by atoms with Crippen LogP contribution in [0.25, 0.3) is 6.08 Å². The number of methoxy groups -OCH3 is 1. The molecular weight excluding hydrogens is 218 g/mol. The molecule has 0 unspecified atom stereocenters. The maximum Gasteiger partial charge on any atom is 0.168 e. The molecule has 92 valence electrons. The summed E-state index contributed by atoms with van der Waals surface area (Å²) in [6.07, 6.45) is 5.40. The van der Waals surface area contributed by atoms with Crippen LogP contribution in [0, 0.1) is 0 Å². The number of hydrogen-bond donors (Lipinski definition) is 2. The highest BCUT2D eigenvalue weighted by Gasteiger charge is 2.08. The second kappa shape index (κ2) is 6.70. The van der Waals surface area contributed by atoms with Gasteiger partial charge in [-0.25, -0.2) is 0 Å². The smallest absolute Gasteiger partial charge is 0.168 e. The topological polar surface area (TPSA) is 58.6 Å². The second-order valence-electron chi connectivity index (χ2n) is 3.57. The third-order valence-electron chi connectivity index (χ3n) is 2.34. The highest BCUT2D eigenvalue weighted by atomic mass is 16.5. The lowest BCUT2D eigenvalue weighted by Crippen LogP contribution is -2.05. The van der Waals surface area contributed by atoms with Gasteiger partial charge in [-0.2, -0.15) is 0 Å². The number of phenolic OH excluding ortho intramolecular Hbond substituents is 1. The lowest BCUT2D eigenvalue weighted by Gasteiger charge is -2.06. The van der Waals surface area contributed by atoms with Crippen molar-refractivity contribution in [3.63, 3.8) is 0 Å². The molecule has 0 amide bonds. The Morgan fingerprint density at radius 2 is 2.24 bits per heavy atom. The van der Waals surface area contributed by atoms with Crippen LogP contribution in [0.2, 0.25) is 0 Å². The van der Waals surface area contributed by atoms with Crippen molar-refractivity contribution in [1.82, 2.24) is 5.32 Å². The molecule has 0 heterocycles. The Morgan fingerprint density at radius 1 is 1.47 bits per heavy atom. The quantitative estimate of drug-likeness (QED) is 0.583. The molecule has 0 aromatic heterocycles. The number of aromatic hydroxyl groups is 1. The zero-order valence-corrected chi connectivity index (χ0v) is 10.1. The van der Waals surface area contributed by atoms with Gasteiger partial charge in [0, 0.05) is 0 Å². The summed E-state index contributed by atoms with van der Waals surface area (Å²) in [4.78, 5) is 10.8. The number of nitrogens with one attached hydrogen (secondary N) is 1. The maximum atomic E-state index is 10.8. The average Bonchev–Trinajstić information content (AvgIpc) is 2.36. The van der Waals surface area contributed by atoms with Crippen molar-refractivity contribution in [2.24, 2.45) is 0 Å². The van der Waals surface area contributed by atoms with E-state index in [1.165, 1.54) is 7.11 Å². The van der Waals surface area contributed by atoms with E-state index in [9.17, 15) is 9.90 Å². The van der Waals surface area contributed by atoms with Crippen LogP contribution < -0.4 is 10.1 Å². The van der Waals surface area contributed by atoms with Crippen LogP contribution in [-0.4, -0.2) is 32.1 Å². The summed E-state index contributed by atoms with van der Waals surface area (Å²) in [5.74, 6) is 0.192. The number of phenols is 1. The fraction of sp³-hybridized carbons (Fsp3) is 0.308. The molecule has 0 bridgehead atoms. The Hall–Kier alpha value is -1.81. The monoisotopic (exact) mass is 235 g/mol. The van der Waals surface area contributed by atoms with E-state index >= 15 is 0 Å². The summed E-state index contributed by atoms with van der Waals surface area (Å²) in [5, 5.41) is 12.7. The van der Waals surface area contributed by atoms with E-state index in [4.69, 9.17) is 4.74 Å². The van der Waals surface area contributed by atoms with Gasteiger partial charge in [0.2, 0.25) is 0 Å². The third-order valence-corrected chi connectivity index (χ3v) is 2.34. The Balaban J connectivity index is 2.93. The van der Waals surface area contributed by atoms with Crippen LogP contribution in [0.5, 0.6) is 11.5 Å². The second-order valence-corrected chi connectivity index (χ2v) is 3.57. The van der Waals surface area contributed by atoms with Crippen LogP contribution in [0.4, 0.5) is 0 Å². The zero-order valence-electron chi connectivity index (χ0n) is 10.1. The van der Waals surface area contributed by atoms with Crippen molar-refractivity contribution in [2.45, 2.75) is 6.42 Å². The minimum Gasteiger partial charge on any atom is -0.504 e. The van der Waals surface area contributed by atoms with E-state index in [0.29, 0.717) is 12.0 Å². The molecule has 0 spiro atoms. The largest absolute Gasteiger partial charge is 0.504 e. The van der Waals surface area contributed by atoms with Crippen molar-refractivity contribution < 1.29 is 14.6 Å². The fourth-order valence-corrected chi connectivity index (χ4v) is 1.44. The zero-order chi connectivity index (χ0) is 12.7. The number of benzene rings is 1. The molecule has 0 saturated heterocycles. The van der Waals surface area contributed by atoms with Gasteiger partial charge in [-0.1, -0.05) is 12.2 Å². The third kappa shape index (κ3) is 3.60. The van der Waals surface area contributed by atoms with Gasteiger partial charge < -0.3 is 15.2 Å². The molecule has 0 aliphatic carbocycles. The van der Waals surface area contributed by atoms with Gasteiger partial charge in [-0.05, 0) is 37.7 Å². The van der Waals surface area contributed by atoms with Crippen LogP contribution in [-0.2, 0) is 0 Å². The highest BCUT2D eigenvalue weighted by molar-refractivity contribution is 5.82. The lowest BCUT2D eigenvalue weighted by molar-refractivity contribution is 0.112. The standard InChI is InChI=1S/C13H17NO3/c1-14-6-4-3-5-10-7-11(9-15)13(16)12(8-10)17-2/h3,5,7-9,14,16H,4,6H2,1-2H3. The molecule has 1 aromatic carbocycles. The normalized spacial score (nSPS) is 10.7. The Labute approximate surface area is 101 Å². The van der Waals surface area contributed by atoms with Crippen LogP contribution in [0.15, 0.2) is 18.2 Å². The molecule has 1 rings (SSSR count). The highest BCUT2D eigenvalue weighted by Crippen LogP contribution is 2.30. The van der Waals surface area contributed by atoms with E-state index in [1.807, 2.05) is 19.2 Å². The summed E-state index contributed by atoms with van der Waals surface area (Å²) >= 11 is 0. The summed E-state index contributed by atoms with van der Waals surface area (Å²) < 4.78 is 5.00. The molecule has 0 fully saturated rings. The summed E-state index contributed by atoms with van der Waals surface area (Å²) in [6.45, 7) is 0.895. The van der Waals surface area contributed by atoms with E-state index in [1.54, 1.807) is 12.1 Å². The molecule has 0 saturated carbocycles. The van der Waals surface area contributed by atoms with Crippen molar-refractivity contribution in [3.05, 3.63) is 29.3 Å². The van der Waals surface area contributed by atoms with E-state index in [0.717, 1.165) is 18.5 Å². The molecule has 17 heavy (non-hydrogen) atoms. The minimum absolute atomic E-state index is 0.116. The van der Waals surface area contributed by atoms with E-state index < -0.39 is 0 Å². The van der Waals surface area contributed by atoms with E-state index in [2.05, 4.69) is 5.32 Å². The van der Waals surface area contributed by atoms with Crippen molar-refractivity contribution in [2.75, 3.05) is 20.7 Å². The van der Waals surface area contributed by atoms with Gasteiger partial charge in [0.25, 0.3) is 0 Å². The van der Waals surface area contributed by atoms with Gasteiger partial charge >= 0.3 is 0 Å². The summed E-state index contributed by atoms with van der Waals surface area (Å²) in [5.41, 5.74) is 1.07. The molecule has 4 nitrogen and oxygen atoms in total. The molecular formula is C13H17NO3.